The Morgan fingerprint density at radius 2 is 1.85 bits per heavy atom. The molecule has 2 N–H and O–H groups in total. The Bertz CT molecular complexity index is 611. The van der Waals surface area contributed by atoms with Gasteiger partial charge in [0.15, 0.2) is 0 Å². The standard InChI is InChI=1S/C16H17Cl2NO/c1-10-3-5-14(18)16(7-10)20-15-6-4-13(17)9-12(15)8-11(2)19/h3-7,9,11H,8,19H2,1-2H3. The predicted molar refractivity (Wildman–Crippen MR) is 85.1 cm³/mol. The SMILES string of the molecule is Cc1ccc(Cl)c(Oc2ccc(Cl)cc2CC(C)N)c1. The molecule has 0 bridgehead atoms. The van der Waals surface area contributed by atoms with Crippen molar-refractivity contribution in [3.63, 3.8) is 0 Å². The van der Waals surface area contributed by atoms with Crippen LogP contribution in [-0.4, -0.2) is 6.04 Å². The largest absolute Gasteiger partial charge is 0.456 e. The number of halogens is 2. The maximum atomic E-state index is 6.16. The van der Waals surface area contributed by atoms with Gasteiger partial charge in [-0.25, -0.2) is 0 Å². The molecule has 2 aromatic carbocycles. The summed E-state index contributed by atoms with van der Waals surface area (Å²) in [7, 11) is 0. The average molecular weight is 310 g/mol. The summed E-state index contributed by atoms with van der Waals surface area (Å²) < 4.78 is 5.93. The Morgan fingerprint density at radius 3 is 2.55 bits per heavy atom. The van der Waals surface area contributed by atoms with Crippen molar-refractivity contribution in [3.05, 3.63) is 57.6 Å². The third-order valence-corrected chi connectivity index (χ3v) is 3.42. The number of hydrogen-bond donors (Lipinski definition) is 1. The van der Waals surface area contributed by atoms with Crippen molar-refractivity contribution in [3.8, 4) is 11.5 Å². The minimum Gasteiger partial charge on any atom is -0.456 e. The zero-order valence-corrected chi connectivity index (χ0v) is 13.0. The van der Waals surface area contributed by atoms with Crippen LogP contribution < -0.4 is 10.5 Å². The van der Waals surface area contributed by atoms with Crippen molar-refractivity contribution >= 4 is 23.2 Å². The van der Waals surface area contributed by atoms with Gasteiger partial charge in [-0.05, 0) is 61.7 Å². The first-order valence-corrected chi connectivity index (χ1v) is 7.19. The van der Waals surface area contributed by atoms with Crippen LogP contribution in [0.3, 0.4) is 0 Å². The van der Waals surface area contributed by atoms with Gasteiger partial charge in [0.1, 0.15) is 11.5 Å². The third kappa shape index (κ3) is 3.89. The van der Waals surface area contributed by atoms with Crippen molar-refractivity contribution in [2.45, 2.75) is 26.3 Å². The van der Waals surface area contributed by atoms with Crippen molar-refractivity contribution < 1.29 is 4.74 Å². The first-order valence-electron chi connectivity index (χ1n) is 6.43. The lowest BCUT2D eigenvalue weighted by Crippen LogP contribution is -2.18. The molecule has 0 spiro atoms. The molecule has 2 aromatic rings. The minimum absolute atomic E-state index is 0.0313. The molecule has 0 aromatic heterocycles. The summed E-state index contributed by atoms with van der Waals surface area (Å²) in [5.74, 6) is 1.37. The molecule has 0 aliphatic heterocycles. The second-order valence-corrected chi connectivity index (χ2v) is 5.81. The number of ether oxygens (including phenoxy) is 1. The quantitative estimate of drug-likeness (QED) is 0.864. The van der Waals surface area contributed by atoms with Crippen molar-refractivity contribution in [1.29, 1.82) is 0 Å². The zero-order valence-electron chi connectivity index (χ0n) is 11.5. The summed E-state index contributed by atoms with van der Waals surface area (Å²) in [5.41, 5.74) is 7.93. The van der Waals surface area contributed by atoms with Gasteiger partial charge in [-0.3, -0.25) is 0 Å². The monoisotopic (exact) mass is 309 g/mol. The van der Waals surface area contributed by atoms with Gasteiger partial charge in [-0.1, -0.05) is 29.3 Å². The van der Waals surface area contributed by atoms with Gasteiger partial charge in [0, 0.05) is 11.1 Å². The molecule has 0 saturated heterocycles. The zero-order chi connectivity index (χ0) is 14.7. The van der Waals surface area contributed by atoms with Crippen molar-refractivity contribution in [2.24, 2.45) is 5.73 Å². The van der Waals surface area contributed by atoms with Crippen LogP contribution in [-0.2, 0) is 6.42 Å². The van der Waals surface area contributed by atoms with E-state index in [1.807, 2.05) is 44.2 Å². The summed E-state index contributed by atoms with van der Waals surface area (Å²) in [6.07, 6.45) is 0.694. The first kappa shape index (κ1) is 15.2. The number of benzene rings is 2. The van der Waals surface area contributed by atoms with E-state index in [-0.39, 0.29) is 6.04 Å². The summed E-state index contributed by atoms with van der Waals surface area (Å²) >= 11 is 12.2. The van der Waals surface area contributed by atoms with E-state index in [1.165, 1.54) is 0 Å². The molecular formula is C16H17Cl2NO. The van der Waals surface area contributed by atoms with E-state index in [0.717, 1.165) is 16.9 Å². The molecule has 106 valence electrons. The van der Waals surface area contributed by atoms with Crippen molar-refractivity contribution in [2.75, 3.05) is 0 Å². The molecule has 4 heteroatoms. The molecule has 2 rings (SSSR count). The summed E-state index contributed by atoms with van der Waals surface area (Å²) in [6.45, 7) is 3.94. The van der Waals surface area contributed by atoms with Gasteiger partial charge in [-0.15, -0.1) is 0 Å². The number of nitrogens with two attached hydrogens (primary N) is 1. The van der Waals surface area contributed by atoms with Crippen molar-refractivity contribution in [1.82, 2.24) is 0 Å². The molecule has 0 aliphatic carbocycles. The van der Waals surface area contributed by atoms with Crippen LogP contribution in [0.1, 0.15) is 18.1 Å². The Balaban J connectivity index is 2.35. The van der Waals surface area contributed by atoms with Gasteiger partial charge < -0.3 is 10.5 Å². The Morgan fingerprint density at radius 1 is 1.10 bits per heavy atom. The van der Waals surface area contributed by atoms with Crippen LogP contribution in [0.5, 0.6) is 11.5 Å². The average Bonchev–Trinajstić information content (AvgIpc) is 2.36. The summed E-state index contributed by atoms with van der Waals surface area (Å²) in [4.78, 5) is 0. The molecule has 0 heterocycles. The van der Waals surface area contributed by atoms with Crippen LogP contribution >= 0.6 is 23.2 Å². The van der Waals surface area contributed by atoms with Crippen LogP contribution in [0.25, 0.3) is 0 Å². The van der Waals surface area contributed by atoms with Gasteiger partial charge in [0.25, 0.3) is 0 Å². The maximum Gasteiger partial charge on any atom is 0.146 e. The molecule has 0 amide bonds. The molecular weight excluding hydrogens is 293 g/mol. The summed E-state index contributed by atoms with van der Waals surface area (Å²) in [5, 5.41) is 1.25. The van der Waals surface area contributed by atoms with Gasteiger partial charge >= 0.3 is 0 Å². The molecule has 0 radical (unpaired) electrons. The topological polar surface area (TPSA) is 35.2 Å². The van der Waals surface area contributed by atoms with Crippen LogP contribution in [0.2, 0.25) is 10.0 Å². The van der Waals surface area contributed by atoms with E-state index in [2.05, 4.69) is 0 Å². The number of rotatable bonds is 4. The fourth-order valence-electron chi connectivity index (χ4n) is 1.96. The Kier molecular flexibility index (Phi) is 4.92. The van der Waals surface area contributed by atoms with E-state index < -0.39 is 0 Å². The fourth-order valence-corrected chi connectivity index (χ4v) is 2.31. The molecule has 2 nitrogen and oxygen atoms in total. The van der Waals surface area contributed by atoms with Crippen LogP contribution in [0.4, 0.5) is 0 Å². The van der Waals surface area contributed by atoms with E-state index in [4.69, 9.17) is 33.7 Å². The van der Waals surface area contributed by atoms with Gasteiger partial charge in [-0.2, -0.15) is 0 Å². The van der Waals surface area contributed by atoms with E-state index in [9.17, 15) is 0 Å². The fraction of sp³-hybridized carbons (Fsp3) is 0.250. The lowest BCUT2D eigenvalue weighted by atomic mass is 10.1. The molecule has 1 atom stereocenters. The Hall–Kier alpha value is -1.22. The summed E-state index contributed by atoms with van der Waals surface area (Å²) in [6, 6.07) is 11.2. The normalized spacial score (nSPS) is 12.2. The van der Waals surface area contributed by atoms with Gasteiger partial charge in [0.05, 0.1) is 5.02 Å². The second-order valence-electron chi connectivity index (χ2n) is 4.97. The van der Waals surface area contributed by atoms with Gasteiger partial charge in [0.2, 0.25) is 0 Å². The lowest BCUT2D eigenvalue weighted by molar-refractivity contribution is 0.473. The number of aryl methyl sites for hydroxylation is 1. The molecule has 1 unspecified atom stereocenters. The van der Waals surface area contributed by atoms with Crippen LogP contribution in [0, 0.1) is 6.92 Å². The second kappa shape index (κ2) is 6.49. The number of hydrogen-bond acceptors (Lipinski definition) is 2. The highest BCUT2D eigenvalue weighted by atomic mass is 35.5. The molecule has 0 aliphatic rings. The molecule has 0 fully saturated rings. The third-order valence-electron chi connectivity index (χ3n) is 2.87. The highest BCUT2D eigenvalue weighted by Gasteiger charge is 2.10. The first-order chi connectivity index (χ1) is 9.45. The van der Waals surface area contributed by atoms with E-state index in [0.29, 0.717) is 22.2 Å². The predicted octanol–water partition coefficient (Wildman–Crippen LogP) is 4.98. The van der Waals surface area contributed by atoms with E-state index in [1.54, 1.807) is 6.07 Å². The highest BCUT2D eigenvalue weighted by molar-refractivity contribution is 6.32. The highest BCUT2D eigenvalue weighted by Crippen LogP contribution is 2.33. The Labute approximate surface area is 129 Å². The van der Waals surface area contributed by atoms with Crippen LogP contribution in [0.15, 0.2) is 36.4 Å². The molecule has 20 heavy (non-hydrogen) atoms. The maximum absolute atomic E-state index is 6.16. The molecule has 0 saturated carbocycles. The minimum atomic E-state index is 0.0313. The smallest absolute Gasteiger partial charge is 0.146 e. The van der Waals surface area contributed by atoms with E-state index >= 15 is 0 Å². The lowest BCUT2D eigenvalue weighted by Gasteiger charge is -2.14.